The van der Waals surface area contributed by atoms with Gasteiger partial charge in [0, 0.05) is 18.2 Å². The molecule has 2 fully saturated rings. The topological polar surface area (TPSA) is 47.4 Å². The minimum Gasteiger partial charge on any atom is -0.461 e. The van der Waals surface area contributed by atoms with Crippen LogP contribution in [0.15, 0.2) is 6.07 Å². The van der Waals surface area contributed by atoms with Gasteiger partial charge in [-0.1, -0.05) is 6.42 Å². The number of esters is 1. The lowest BCUT2D eigenvalue weighted by molar-refractivity contribution is -0.146. The minimum absolute atomic E-state index is 0.0391. The fourth-order valence-corrected chi connectivity index (χ4v) is 3.69. The van der Waals surface area contributed by atoms with E-state index in [1.807, 2.05) is 13.8 Å². The summed E-state index contributed by atoms with van der Waals surface area (Å²) in [6.45, 7) is 7.98. The molecule has 0 aromatic carbocycles. The van der Waals surface area contributed by atoms with E-state index in [9.17, 15) is 4.79 Å². The number of hydrogen-bond acceptors (Lipinski definition) is 4. The van der Waals surface area contributed by atoms with Gasteiger partial charge in [-0.2, -0.15) is 5.10 Å². The van der Waals surface area contributed by atoms with Crippen LogP contribution in [0.25, 0.3) is 0 Å². The second-order valence-electron chi connectivity index (χ2n) is 6.50. The Morgan fingerprint density at radius 2 is 2.19 bits per heavy atom. The second kappa shape index (κ2) is 5.79. The molecule has 1 aromatic heterocycles. The summed E-state index contributed by atoms with van der Waals surface area (Å²) < 4.78 is 7.44. The number of rotatable bonds is 3. The highest BCUT2D eigenvalue weighted by atomic mass is 16.6. The van der Waals surface area contributed by atoms with E-state index in [0.717, 1.165) is 31.6 Å². The molecule has 3 heterocycles. The molecule has 2 saturated heterocycles. The highest BCUT2D eigenvalue weighted by Crippen LogP contribution is 2.28. The first kappa shape index (κ1) is 14.6. The van der Waals surface area contributed by atoms with E-state index >= 15 is 0 Å². The Balaban J connectivity index is 1.75. The molecular formula is C16H25N3O2. The molecule has 5 heteroatoms. The van der Waals surface area contributed by atoms with Crippen LogP contribution in [0.1, 0.15) is 44.0 Å². The van der Waals surface area contributed by atoms with Crippen LogP contribution in [0.3, 0.4) is 0 Å². The molecule has 3 atom stereocenters. The van der Waals surface area contributed by atoms with E-state index in [4.69, 9.17) is 4.74 Å². The van der Waals surface area contributed by atoms with Crippen molar-refractivity contribution in [2.24, 2.45) is 0 Å². The van der Waals surface area contributed by atoms with Gasteiger partial charge >= 0.3 is 5.97 Å². The van der Waals surface area contributed by atoms with Crippen molar-refractivity contribution in [3.8, 4) is 0 Å². The molecule has 3 rings (SSSR count). The van der Waals surface area contributed by atoms with Crippen LogP contribution >= 0.6 is 0 Å². The highest BCUT2D eigenvalue weighted by molar-refractivity contribution is 5.78. The van der Waals surface area contributed by atoms with Crippen LogP contribution in [-0.4, -0.2) is 45.4 Å². The number of ether oxygens (including phenoxy) is 1. The molecule has 0 N–H and O–H groups in total. The maximum absolute atomic E-state index is 12.1. The lowest BCUT2D eigenvalue weighted by Crippen LogP contribution is -2.50. The minimum atomic E-state index is -0.0535. The van der Waals surface area contributed by atoms with Gasteiger partial charge < -0.3 is 4.74 Å². The third kappa shape index (κ3) is 2.98. The summed E-state index contributed by atoms with van der Waals surface area (Å²) in [6.07, 6.45) is 4.42. The first-order valence-corrected chi connectivity index (χ1v) is 8.02. The molecule has 0 spiro atoms. The van der Waals surface area contributed by atoms with E-state index < -0.39 is 0 Å². The zero-order chi connectivity index (χ0) is 15.0. The van der Waals surface area contributed by atoms with Crippen molar-refractivity contribution in [2.45, 2.75) is 71.2 Å². The zero-order valence-corrected chi connectivity index (χ0v) is 13.2. The van der Waals surface area contributed by atoms with Gasteiger partial charge in [-0.25, -0.2) is 0 Å². The summed E-state index contributed by atoms with van der Waals surface area (Å²) in [5.41, 5.74) is 2.25. The molecule has 116 valence electrons. The number of piperidine rings is 1. The van der Waals surface area contributed by atoms with Crippen LogP contribution in [0.5, 0.6) is 0 Å². The van der Waals surface area contributed by atoms with Gasteiger partial charge in [0.2, 0.25) is 0 Å². The van der Waals surface area contributed by atoms with E-state index in [1.54, 1.807) is 0 Å². The standard InChI is InChI=1S/C16H25N3O2/c1-11-8-12(2)19(17-11)10-14-6-4-5-7-18(14)15-9-13(3)21-16(15)20/h8,13-15H,4-7,9-10H2,1-3H3/t13-,14+,15-/m1/s1. The lowest BCUT2D eigenvalue weighted by atomic mass is 9.98. The normalized spacial score (nSPS) is 30.6. The Hall–Kier alpha value is -1.36. The number of likely N-dealkylation sites (tertiary alicyclic amines) is 1. The van der Waals surface area contributed by atoms with Crippen LogP contribution < -0.4 is 0 Å². The fraction of sp³-hybridized carbons (Fsp3) is 0.750. The third-order valence-corrected chi connectivity index (χ3v) is 4.70. The number of aromatic nitrogens is 2. The van der Waals surface area contributed by atoms with Crippen molar-refractivity contribution in [1.29, 1.82) is 0 Å². The zero-order valence-electron chi connectivity index (χ0n) is 13.2. The molecular weight excluding hydrogens is 266 g/mol. The Morgan fingerprint density at radius 1 is 1.38 bits per heavy atom. The van der Waals surface area contributed by atoms with Gasteiger partial charge in [-0.3, -0.25) is 14.4 Å². The first-order chi connectivity index (χ1) is 10.0. The Morgan fingerprint density at radius 3 is 2.81 bits per heavy atom. The number of nitrogens with zero attached hydrogens (tertiary/aromatic N) is 3. The maximum Gasteiger partial charge on any atom is 0.323 e. The van der Waals surface area contributed by atoms with Crippen molar-refractivity contribution < 1.29 is 9.53 Å². The molecule has 5 nitrogen and oxygen atoms in total. The number of carbonyl (C=O) groups excluding carboxylic acids is 1. The molecule has 0 saturated carbocycles. The predicted octanol–water partition coefficient (Wildman–Crippen LogP) is 2.06. The van der Waals surface area contributed by atoms with Crippen molar-refractivity contribution in [3.63, 3.8) is 0 Å². The first-order valence-electron chi connectivity index (χ1n) is 8.02. The molecule has 0 unspecified atom stereocenters. The van der Waals surface area contributed by atoms with Gasteiger partial charge in [0.25, 0.3) is 0 Å². The van der Waals surface area contributed by atoms with Crippen molar-refractivity contribution in [1.82, 2.24) is 14.7 Å². The number of cyclic esters (lactones) is 1. The Bertz CT molecular complexity index is 526. The molecule has 2 aliphatic heterocycles. The van der Waals surface area contributed by atoms with Gasteiger partial charge in [0.1, 0.15) is 12.1 Å². The summed E-state index contributed by atoms with van der Waals surface area (Å²) in [7, 11) is 0. The van der Waals surface area contributed by atoms with Crippen molar-refractivity contribution in [3.05, 3.63) is 17.5 Å². The summed E-state index contributed by atoms with van der Waals surface area (Å²) in [5.74, 6) is -0.0391. The monoisotopic (exact) mass is 291 g/mol. The Kier molecular flexibility index (Phi) is 4.02. The SMILES string of the molecule is Cc1cc(C)n(C[C@@H]2CCCCN2[C@@H]2C[C@@H](C)OC2=O)n1. The van der Waals surface area contributed by atoms with Gasteiger partial charge in [-0.15, -0.1) is 0 Å². The van der Waals surface area contributed by atoms with Gasteiger partial charge in [0.05, 0.1) is 12.2 Å². The van der Waals surface area contributed by atoms with E-state index in [1.165, 1.54) is 18.5 Å². The van der Waals surface area contributed by atoms with Crippen molar-refractivity contribution in [2.75, 3.05) is 6.54 Å². The van der Waals surface area contributed by atoms with Gasteiger partial charge in [-0.05, 0) is 46.2 Å². The van der Waals surface area contributed by atoms with Crippen LogP contribution in [0, 0.1) is 13.8 Å². The molecule has 21 heavy (non-hydrogen) atoms. The number of carbonyl (C=O) groups is 1. The smallest absolute Gasteiger partial charge is 0.323 e. The highest BCUT2D eigenvalue weighted by Gasteiger charge is 2.40. The van der Waals surface area contributed by atoms with Crippen LogP contribution in [0.4, 0.5) is 0 Å². The quantitative estimate of drug-likeness (QED) is 0.800. The molecule has 0 aliphatic carbocycles. The molecule has 0 amide bonds. The van der Waals surface area contributed by atoms with Crippen LogP contribution in [0.2, 0.25) is 0 Å². The summed E-state index contributed by atoms with van der Waals surface area (Å²) >= 11 is 0. The molecule has 2 aliphatic rings. The van der Waals surface area contributed by atoms with E-state index in [-0.39, 0.29) is 18.1 Å². The molecule has 0 bridgehead atoms. The summed E-state index contributed by atoms with van der Waals surface area (Å²) in [5, 5.41) is 4.57. The molecule has 1 aromatic rings. The fourth-order valence-electron chi connectivity index (χ4n) is 3.69. The number of hydrogen-bond donors (Lipinski definition) is 0. The Labute approximate surface area is 126 Å². The van der Waals surface area contributed by atoms with Gasteiger partial charge in [0.15, 0.2) is 0 Å². The van der Waals surface area contributed by atoms with E-state index in [2.05, 4.69) is 27.7 Å². The van der Waals surface area contributed by atoms with Crippen molar-refractivity contribution >= 4 is 5.97 Å². The molecule has 0 radical (unpaired) electrons. The second-order valence-corrected chi connectivity index (χ2v) is 6.50. The predicted molar refractivity (Wildman–Crippen MR) is 80.0 cm³/mol. The van der Waals surface area contributed by atoms with E-state index in [0.29, 0.717) is 6.04 Å². The number of aryl methyl sites for hydroxylation is 2. The van der Waals surface area contributed by atoms with Crippen LogP contribution in [-0.2, 0) is 16.1 Å². The lowest BCUT2D eigenvalue weighted by Gasteiger charge is -2.38. The average Bonchev–Trinajstić information content (AvgIpc) is 2.92. The largest absolute Gasteiger partial charge is 0.461 e. The maximum atomic E-state index is 12.1. The third-order valence-electron chi connectivity index (χ3n) is 4.70. The summed E-state index contributed by atoms with van der Waals surface area (Å²) in [6, 6.07) is 2.45. The summed E-state index contributed by atoms with van der Waals surface area (Å²) in [4.78, 5) is 14.4. The average molecular weight is 291 g/mol.